The molecular weight excluding hydrogens is 308 g/mol. The Kier molecular flexibility index (Phi) is 4.45. The number of hydrogen-bond acceptors (Lipinski definition) is 5. The third-order valence-electron chi connectivity index (χ3n) is 3.84. The fourth-order valence-corrected chi connectivity index (χ4v) is 2.80. The van der Waals surface area contributed by atoms with Gasteiger partial charge in [-0.1, -0.05) is 0 Å². The van der Waals surface area contributed by atoms with E-state index >= 15 is 0 Å². The van der Waals surface area contributed by atoms with Crippen LogP contribution in [0, 0.1) is 0 Å². The van der Waals surface area contributed by atoms with Crippen molar-refractivity contribution in [3.05, 3.63) is 30.0 Å². The van der Waals surface area contributed by atoms with Crippen LogP contribution in [-0.4, -0.2) is 40.4 Å². The van der Waals surface area contributed by atoms with Crippen molar-refractivity contribution < 1.29 is 9.59 Å². The van der Waals surface area contributed by atoms with Crippen LogP contribution in [0.3, 0.4) is 0 Å². The molecule has 126 valence electrons. The number of rotatable bonds is 4. The maximum Gasteiger partial charge on any atom is 0.247 e. The van der Waals surface area contributed by atoms with Crippen molar-refractivity contribution in [1.82, 2.24) is 15.0 Å². The van der Waals surface area contributed by atoms with Crippen LogP contribution in [-0.2, 0) is 22.6 Å². The van der Waals surface area contributed by atoms with E-state index in [9.17, 15) is 9.59 Å². The van der Waals surface area contributed by atoms with Crippen LogP contribution in [0.15, 0.2) is 24.4 Å². The van der Waals surface area contributed by atoms with Crippen molar-refractivity contribution in [3.8, 4) is 0 Å². The number of aromatic nitrogens is 3. The zero-order valence-electron chi connectivity index (χ0n) is 13.7. The zero-order valence-corrected chi connectivity index (χ0v) is 13.7. The Morgan fingerprint density at radius 2 is 2.12 bits per heavy atom. The molecule has 2 heterocycles. The number of nitrogens with one attached hydrogen (secondary N) is 2. The first kappa shape index (κ1) is 16.0. The minimum absolute atomic E-state index is 0.0173. The molecule has 1 aliphatic heterocycles. The van der Waals surface area contributed by atoms with E-state index in [4.69, 9.17) is 0 Å². The molecule has 0 aliphatic carbocycles. The summed E-state index contributed by atoms with van der Waals surface area (Å²) >= 11 is 0. The summed E-state index contributed by atoms with van der Waals surface area (Å²) < 4.78 is 0. The van der Waals surface area contributed by atoms with Crippen LogP contribution in [0.1, 0.15) is 18.9 Å². The van der Waals surface area contributed by atoms with Crippen molar-refractivity contribution in [3.63, 3.8) is 0 Å². The third-order valence-corrected chi connectivity index (χ3v) is 3.84. The topological polar surface area (TPSA) is 92.1 Å². The molecule has 0 unspecified atom stereocenters. The van der Waals surface area contributed by atoms with Gasteiger partial charge in [-0.15, -0.1) is 5.10 Å². The van der Waals surface area contributed by atoms with E-state index in [1.54, 1.807) is 0 Å². The zero-order chi connectivity index (χ0) is 17.1. The average Bonchev–Trinajstić information content (AvgIpc) is 2.93. The number of anilines is 3. The summed E-state index contributed by atoms with van der Waals surface area (Å²) in [4.78, 5) is 26.6. The first-order valence-corrected chi connectivity index (χ1v) is 7.83. The number of fused-ring (bicyclic) bond motifs is 1. The quantitative estimate of drug-likeness (QED) is 0.881. The van der Waals surface area contributed by atoms with Crippen molar-refractivity contribution >= 4 is 29.0 Å². The molecule has 3 rings (SSSR count). The fraction of sp³-hybridized carbons (Fsp3) is 0.375. The Balaban J connectivity index is 1.62. The first-order chi connectivity index (χ1) is 11.5. The molecule has 0 bridgehead atoms. The molecule has 0 atom stereocenters. The SMILES string of the molecule is CC(=O)Nc1cnn(CC(=O)Nc2ccc3c(c2)CCCN3C)n1. The molecular formula is C16H20N6O2. The normalized spacial score (nSPS) is 13.3. The number of amides is 2. The second kappa shape index (κ2) is 6.69. The van der Waals surface area contributed by atoms with E-state index in [-0.39, 0.29) is 18.4 Å². The van der Waals surface area contributed by atoms with E-state index in [0.717, 1.165) is 25.1 Å². The smallest absolute Gasteiger partial charge is 0.247 e. The van der Waals surface area contributed by atoms with Gasteiger partial charge in [0.2, 0.25) is 11.8 Å². The van der Waals surface area contributed by atoms with Crippen LogP contribution >= 0.6 is 0 Å². The number of aryl methyl sites for hydroxylation is 1. The molecule has 0 saturated heterocycles. The lowest BCUT2D eigenvalue weighted by atomic mass is 10.0. The molecule has 8 heteroatoms. The van der Waals surface area contributed by atoms with Gasteiger partial charge in [0.1, 0.15) is 6.54 Å². The third kappa shape index (κ3) is 3.70. The lowest BCUT2D eigenvalue weighted by Crippen LogP contribution is -2.25. The minimum atomic E-state index is -0.231. The van der Waals surface area contributed by atoms with Gasteiger partial charge < -0.3 is 15.5 Å². The number of benzene rings is 1. The summed E-state index contributed by atoms with van der Waals surface area (Å²) in [5.41, 5.74) is 3.22. The first-order valence-electron chi connectivity index (χ1n) is 7.83. The second-order valence-electron chi connectivity index (χ2n) is 5.86. The summed E-state index contributed by atoms with van der Waals surface area (Å²) in [6.07, 6.45) is 3.54. The Morgan fingerprint density at radius 1 is 1.29 bits per heavy atom. The van der Waals surface area contributed by atoms with Crippen LogP contribution in [0.5, 0.6) is 0 Å². The number of nitrogens with zero attached hydrogens (tertiary/aromatic N) is 4. The molecule has 1 aromatic carbocycles. The Labute approximate surface area is 139 Å². The Morgan fingerprint density at radius 3 is 2.92 bits per heavy atom. The minimum Gasteiger partial charge on any atom is -0.374 e. The molecule has 2 N–H and O–H groups in total. The summed E-state index contributed by atoms with van der Waals surface area (Å²) in [6, 6.07) is 5.95. The van der Waals surface area contributed by atoms with Gasteiger partial charge in [0.25, 0.3) is 0 Å². The van der Waals surface area contributed by atoms with Crippen molar-refractivity contribution in [2.45, 2.75) is 26.3 Å². The van der Waals surface area contributed by atoms with Gasteiger partial charge in [0.05, 0.1) is 6.20 Å². The number of carbonyl (C=O) groups excluding carboxylic acids is 2. The van der Waals surface area contributed by atoms with Crippen molar-refractivity contribution in [1.29, 1.82) is 0 Å². The summed E-state index contributed by atoms with van der Waals surface area (Å²) in [5.74, 6) is -0.123. The average molecular weight is 328 g/mol. The van der Waals surface area contributed by atoms with E-state index < -0.39 is 0 Å². The highest BCUT2D eigenvalue weighted by Gasteiger charge is 2.14. The summed E-state index contributed by atoms with van der Waals surface area (Å²) in [6.45, 7) is 2.43. The van der Waals surface area contributed by atoms with Crippen LogP contribution in [0.25, 0.3) is 0 Å². The number of carbonyl (C=O) groups is 2. The van der Waals surface area contributed by atoms with Gasteiger partial charge in [-0.05, 0) is 36.6 Å². The Bertz CT molecular complexity index is 770. The molecule has 0 radical (unpaired) electrons. The van der Waals surface area contributed by atoms with Gasteiger partial charge in [0, 0.05) is 31.9 Å². The molecule has 8 nitrogen and oxygen atoms in total. The van der Waals surface area contributed by atoms with Gasteiger partial charge >= 0.3 is 0 Å². The molecule has 0 spiro atoms. The summed E-state index contributed by atoms with van der Waals surface area (Å²) in [7, 11) is 2.08. The van der Waals surface area contributed by atoms with Crippen LogP contribution in [0.4, 0.5) is 17.2 Å². The van der Waals surface area contributed by atoms with Crippen LogP contribution in [0.2, 0.25) is 0 Å². The number of hydrogen-bond donors (Lipinski definition) is 2. The van der Waals surface area contributed by atoms with E-state index in [1.165, 1.54) is 29.2 Å². The highest BCUT2D eigenvalue weighted by atomic mass is 16.2. The summed E-state index contributed by atoms with van der Waals surface area (Å²) in [5, 5.41) is 13.3. The van der Waals surface area contributed by atoms with E-state index in [1.807, 2.05) is 18.2 Å². The van der Waals surface area contributed by atoms with Crippen molar-refractivity contribution in [2.24, 2.45) is 0 Å². The van der Waals surface area contributed by atoms with Crippen molar-refractivity contribution in [2.75, 3.05) is 29.1 Å². The second-order valence-corrected chi connectivity index (χ2v) is 5.86. The molecule has 2 amide bonds. The molecule has 2 aromatic rings. The molecule has 0 fully saturated rings. The molecule has 0 saturated carbocycles. The predicted molar refractivity (Wildman–Crippen MR) is 91.0 cm³/mol. The molecule has 1 aliphatic rings. The van der Waals surface area contributed by atoms with Crippen LogP contribution < -0.4 is 15.5 Å². The monoisotopic (exact) mass is 328 g/mol. The maximum absolute atomic E-state index is 12.1. The van der Waals surface area contributed by atoms with Gasteiger partial charge in [-0.2, -0.15) is 9.90 Å². The van der Waals surface area contributed by atoms with Gasteiger partial charge in [-0.3, -0.25) is 9.59 Å². The lowest BCUT2D eigenvalue weighted by Gasteiger charge is -2.27. The fourth-order valence-electron chi connectivity index (χ4n) is 2.80. The standard InChI is InChI=1S/C16H20N6O2/c1-11(23)18-15-9-17-22(20-15)10-16(24)19-13-5-6-14-12(8-13)4-3-7-21(14)2/h5-6,8-9H,3-4,7,10H2,1-2H3,(H,19,24)(H,18,20,23). The highest BCUT2D eigenvalue weighted by Crippen LogP contribution is 2.28. The van der Waals surface area contributed by atoms with Gasteiger partial charge in [-0.25, -0.2) is 0 Å². The van der Waals surface area contributed by atoms with E-state index in [2.05, 4.69) is 32.8 Å². The largest absolute Gasteiger partial charge is 0.374 e. The molecule has 24 heavy (non-hydrogen) atoms. The lowest BCUT2D eigenvalue weighted by molar-refractivity contribution is -0.117. The predicted octanol–water partition coefficient (Wildman–Crippen LogP) is 1.26. The Hall–Kier alpha value is -2.90. The maximum atomic E-state index is 12.1. The van der Waals surface area contributed by atoms with Gasteiger partial charge in [0.15, 0.2) is 5.82 Å². The highest BCUT2D eigenvalue weighted by molar-refractivity contribution is 5.91. The molecule has 1 aromatic heterocycles. The van der Waals surface area contributed by atoms with E-state index in [0.29, 0.717) is 5.82 Å².